The number of ether oxygens (including phenoxy) is 1. The molecule has 2 aromatic carbocycles. The Balaban J connectivity index is 1.74. The van der Waals surface area contributed by atoms with Crippen LogP contribution in [0.3, 0.4) is 0 Å². The molecule has 0 saturated heterocycles. The van der Waals surface area contributed by atoms with Gasteiger partial charge in [-0.3, -0.25) is 4.79 Å². The average molecular weight is 312 g/mol. The van der Waals surface area contributed by atoms with Crippen LogP contribution in [-0.2, 0) is 4.79 Å². The first kappa shape index (κ1) is 17.0. The predicted molar refractivity (Wildman–Crippen MR) is 92.2 cm³/mol. The zero-order valence-electron chi connectivity index (χ0n) is 13.7. The standard InChI is InChI=1S/C19H24N2O2/c1-14-8-10-17(11-9-14)23-13-12-21-19(22)15(2)18(20)16-6-4-3-5-7-16/h3-11,15,18H,12-13,20H2,1-2H3,(H,21,22). The van der Waals surface area contributed by atoms with Gasteiger partial charge in [-0.15, -0.1) is 0 Å². The largest absolute Gasteiger partial charge is 0.492 e. The Hall–Kier alpha value is -2.33. The van der Waals surface area contributed by atoms with Gasteiger partial charge in [0.25, 0.3) is 0 Å². The van der Waals surface area contributed by atoms with Crippen molar-refractivity contribution in [3.8, 4) is 5.75 Å². The summed E-state index contributed by atoms with van der Waals surface area (Å²) in [5.41, 5.74) is 8.31. The first-order valence-electron chi connectivity index (χ1n) is 7.85. The molecule has 122 valence electrons. The molecular weight excluding hydrogens is 288 g/mol. The lowest BCUT2D eigenvalue weighted by molar-refractivity contribution is -0.125. The SMILES string of the molecule is Cc1ccc(OCCNC(=O)C(C)C(N)c2ccccc2)cc1. The predicted octanol–water partition coefficient (Wildman–Crippen LogP) is 2.83. The zero-order valence-corrected chi connectivity index (χ0v) is 13.7. The highest BCUT2D eigenvalue weighted by Crippen LogP contribution is 2.18. The zero-order chi connectivity index (χ0) is 16.7. The van der Waals surface area contributed by atoms with E-state index < -0.39 is 0 Å². The molecule has 0 aliphatic carbocycles. The van der Waals surface area contributed by atoms with Gasteiger partial charge in [-0.1, -0.05) is 55.0 Å². The minimum absolute atomic E-state index is 0.0612. The minimum Gasteiger partial charge on any atom is -0.492 e. The summed E-state index contributed by atoms with van der Waals surface area (Å²) in [4.78, 5) is 12.2. The fourth-order valence-corrected chi connectivity index (χ4v) is 2.27. The molecular formula is C19H24N2O2. The van der Waals surface area contributed by atoms with Crippen molar-refractivity contribution >= 4 is 5.91 Å². The Morgan fingerprint density at radius 2 is 1.78 bits per heavy atom. The molecule has 2 rings (SSSR count). The van der Waals surface area contributed by atoms with E-state index >= 15 is 0 Å². The molecule has 3 N–H and O–H groups in total. The summed E-state index contributed by atoms with van der Waals surface area (Å²) in [7, 11) is 0. The molecule has 0 aliphatic rings. The highest BCUT2D eigenvalue weighted by Gasteiger charge is 2.21. The van der Waals surface area contributed by atoms with Crippen molar-refractivity contribution in [1.82, 2.24) is 5.32 Å². The van der Waals surface area contributed by atoms with Gasteiger partial charge in [0.15, 0.2) is 0 Å². The average Bonchev–Trinajstić information content (AvgIpc) is 2.59. The maximum Gasteiger partial charge on any atom is 0.224 e. The molecule has 0 saturated carbocycles. The summed E-state index contributed by atoms with van der Waals surface area (Å²) in [6.45, 7) is 4.76. The van der Waals surface area contributed by atoms with Crippen LogP contribution in [0.1, 0.15) is 24.1 Å². The number of aryl methyl sites for hydroxylation is 1. The van der Waals surface area contributed by atoms with Crippen LogP contribution in [0.5, 0.6) is 5.75 Å². The molecule has 4 nitrogen and oxygen atoms in total. The quantitative estimate of drug-likeness (QED) is 0.773. The van der Waals surface area contributed by atoms with E-state index in [0.29, 0.717) is 13.2 Å². The maximum absolute atomic E-state index is 12.2. The van der Waals surface area contributed by atoms with Crippen LogP contribution in [0, 0.1) is 12.8 Å². The van der Waals surface area contributed by atoms with Gasteiger partial charge in [0, 0.05) is 6.04 Å². The molecule has 4 heteroatoms. The molecule has 0 radical (unpaired) electrons. The summed E-state index contributed by atoms with van der Waals surface area (Å²) < 4.78 is 5.59. The molecule has 23 heavy (non-hydrogen) atoms. The van der Waals surface area contributed by atoms with E-state index in [1.807, 2.05) is 68.4 Å². The highest BCUT2D eigenvalue weighted by atomic mass is 16.5. The van der Waals surface area contributed by atoms with E-state index in [2.05, 4.69) is 5.32 Å². The van der Waals surface area contributed by atoms with Gasteiger partial charge in [0.1, 0.15) is 12.4 Å². The highest BCUT2D eigenvalue weighted by molar-refractivity contribution is 5.79. The van der Waals surface area contributed by atoms with Crippen LogP contribution in [-0.4, -0.2) is 19.1 Å². The molecule has 0 fully saturated rings. The fourth-order valence-electron chi connectivity index (χ4n) is 2.27. The molecule has 0 spiro atoms. The number of hydrogen-bond donors (Lipinski definition) is 2. The lowest BCUT2D eigenvalue weighted by atomic mass is 9.95. The number of rotatable bonds is 7. The molecule has 0 heterocycles. The third-order valence-electron chi connectivity index (χ3n) is 3.83. The smallest absolute Gasteiger partial charge is 0.224 e. The summed E-state index contributed by atoms with van der Waals surface area (Å²) in [6.07, 6.45) is 0. The summed E-state index contributed by atoms with van der Waals surface area (Å²) >= 11 is 0. The van der Waals surface area contributed by atoms with E-state index in [4.69, 9.17) is 10.5 Å². The molecule has 2 aromatic rings. The third-order valence-corrected chi connectivity index (χ3v) is 3.83. The van der Waals surface area contributed by atoms with Gasteiger partial charge in [0.05, 0.1) is 12.5 Å². The van der Waals surface area contributed by atoms with E-state index in [-0.39, 0.29) is 17.9 Å². The number of benzene rings is 2. The minimum atomic E-state index is -0.311. The second-order valence-electron chi connectivity index (χ2n) is 5.68. The van der Waals surface area contributed by atoms with Crippen LogP contribution >= 0.6 is 0 Å². The number of nitrogens with one attached hydrogen (secondary N) is 1. The van der Waals surface area contributed by atoms with Crippen molar-refractivity contribution in [1.29, 1.82) is 0 Å². The van der Waals surface area contributed by atoms with E-state index in [9.17, 15) is 4.79 Å². The van der Waals surface area contributed by atoms with Crippen molar-refractivity contribution in [2.45, 2.75) is 19.9 Å². The van der Waals surface area contributed by atoms with Crippen molar-refractivity contribution in [2.24, 2.45) is 11.7 Å². The molecule has 2 atom stereocenters. The molecule has 0 aliphatic heterocycles. The van der Waals surface area contributed by atoms with Gasteiger partial charge < -0.3 is 15.8 Å². The summed E-state index contributed by atoms with van der Waals surface area (Å²) in [5, 5.41) is 2.87. The van der Waals surface area contributed by atoms with E-state index in [0.717, 1.165) is 11.3 Å². The van der Waals surface area contributed by atoms with Crippen LogP contribution in [0.25, 0.3) is 0 Å². The second kappa shape index (κ2) is 8.34. The van der Waals surface area contributed by atoms with Gasteiger partial charge in [-0.05, 0) is 24.6 Å². The lowest BCUT2D eigenvalue weighted by Crippen LogP contribution is -2.37. The number of hydrogen-bond acceptors (Lipinski definition) is 3. The molecule has 1 amide bonds. The Labute approximate surface area is 137 Å². The summed E-state index contributed by atoms with van der Waals surface area (Å²) in [6, 6.07) is 17.2. The third kappa shape index (κ3) is 5.11. The number of amides is 1. The van der Waals surface area contributed by atoms with Crippen molar-refractivity contribution in [3.05, 3.63) is 65.7 Å². The normalized spacial score (nSPS) is 13.2. The fraction of sp³-hybridized carbons (Fsp3) is 0.316. The maximum atomic E-state index is 12.2. The number of nitrogens with two attached hydrogens (primary N) is 1. The van der Waals surface area contributed by atoms with Crippen molar-refractivity contribution in [2.75, 3.05) is 13.2 Å². The van der Waals surface area contributed by atoms with Crippen LogP contribution in [0.4, 0.5) is 0 Å². The Morgan fingerprint density at radius 1 is 1.13 bits per heavy atom. The van der Waals surface area contributed by atoms with E-state index in [1.165, 1.54) is 5.56 Å². The van der Waals surface area contributed by atoms with Gasteiger partial charge >= 0.3 is 0 Å². The topological polar surface area (TPSA) is 64.3 Å². The molecule has 0 aromatic heterocycles. The second-order valence-corrected chi connectivity index (χ2v) is 5.68. The van der Waals surface area contributed by atoms with Gasteiger partial charge in [-0.25, -0.2) is 0 Å². The van der Waals surface area contributed by atoms with Crippen LogP contribution in [0.2, 0.25) is 0 Å². The van der Waals surface area contributed by atoms with Crippen LogP contribution in [0.15, 0.2) is 54.6 Å². The monoisotopic (exact) mass is 312 g/mol. The van der Waals surface area contributed by atoms with Crippen molar-refractivity contribution in [3.63, 3.8) is 0 Å². The lowest BCUT2D eigenvalue weighted by Gasteiger charge is -2.19. The van der Waals surface area contributed by atoms with Crippen LogP contribution < -0.4 is 15.8 Å². The first-order valence-corrected chi connectivity index (χ1v) is 7.85. The molecule has 0 bridgehead atoms. The Kier molecular flexibility index (Phi) is 6.18. The Bertz CT molecular complexity index is 611. The van der Waals surface area contributed by atoms with Gasteiger partial charge in [0.2, 0.25) is 5.91 Å². The van der Waals surface area contributed by atoms with Crippen molar-refractivity contribution < 1.29 is 9.53 Å². The first-order chi connectivity index (χ1) is 11.1. The van der Waals surface area contributed by atoms with Gasteiger partial charge in [-0.2, -0.15) is 0 Å². The Morgan fingerprint density at radius 3 is 2.43 bits per heavy atom. The number of carbonyl (C=O) groups excluding carboxylic acids is 1. The molecule has 2 unspecified atom stereocenters. The van der Waals surface area contributed by atoms with E-state index in [1.54, 1.807) is 0 Å². The number of carbonyl (C=O) groups is 1. The summed E-state index contributed by atoms with van der Waals surface area (Å²) in [5.74, 6) is 0.449.